The molecule has 150 valence electrons. The van der Waals surface area contributed by atoms with Crippen molar-refractivity contribution in [2.45, 2.75) is 19.1 Å². The second kappa shape index (κ2) is 8.09. The highest BCUT2D eigenvalue weighted by Gasteiger charge is 2.35. The number of hydrogen-bond acceptors (Lipinski definition) is 6. The molecule has 1 atom stereocenters. The Bertz CT molecular complexity index is 969. The lowest BCUT2D eigenvalue weighted by Gasteiger charge is -2.25. The van der Waals surface area contributed by atoms with Gasteiger partial charge in [-0.05, 0) is 18.6 Å². The molecule has 28 heavy (non-hydrogen) atoms. The van der Waals surface area contributed by atoms with Crippen molar-refractivity contribution in [1.82, 2.24) is 10.1 Å². The summed E-state index contributed by atoms with van der Waals surface area (Å²) < 4.78 is 60.7. The zero-order valence-corrected chi connectivity index (χ0v) is 15.6. The summed E-state index contributed by atoms with van der Waals surface area (Å²) in [7, 11) is -3.18. The van der Waals surface area contributed by atoms with E-state index in [1.807, 2.05) is 0 Å². The van der Waals surface area contributed by atoms with Crippen molar-refractivity contribution < 1.29 is 31.3 Å². The van der Waals surface area contributed by atoms with Crippen LogP contribution < -0.4 is 4.74 Å². The lowest BCUT2D eigenvalue weighted by molar-refractivity contribution is 0.0709. The van der Waals surface area contributed by atoms with Crippen LogP contribution in [0, 0.1) is 11.6 Å². The SMILES string of the molecule is C=CCN(C(=O)c1cc(COc2c(F)cccc2F)on1)C1CCS(=O)(=O)C1. The number of aromatic nitrogens is 1. The van der Waals surface area contributed by atoms with E-state index in [0.717, 1.165) is 12.1 Å². The summed E-state index contributed by atoms with van der Waals surface area (Å²) in [6.45, 7) is 3.41. The van der Waals surface area contributed by atoms with Crippen LogP contribution in [0.2, 0.25) is 0 Å². The fraction of sp³-hybridized carbons (Fsp3) is 0.333. The zero-order chi connectivity index (χ0) is 20.3. The second-order valence-corrected chi connectivity index (χ2v) is 8.55. The summed E-state index contributed by atoms with van der Waals surface area (Å²) in [5.74, 6) is -2.82. The van der Waals surface area contributed by atoms with Crippen LogP contribution in [0.4, 0.5) is 8.78 Å². The Hall–Kier alpha value is -2.75. The van der Waals surface area contributed by atoms with E-state index in [1.165, 1.54) is 23.1 Å². The van der Waals surface area contributed by atoms with Crippen LogP contribution in [0.1, 0.15) is 22.7 Å². The van der Waals surface area contributed by atoms with Crippen LogP contribution in [0.3, 0.4) is 0 Å². The first-order chi connectivity index (χ1) is 13.3. The predicted molar refractivity (Wildman–Crippen MR) is 95.5 cm³/mol. The van der Waals surface area contributed by atoms with Gasteiger partial charge in [0.05, 0.1) is 11.5 Å². The van der Waals surface area contributed by atoms with Crippen LogP contribution in [0.5, 0.6) is 5.75 Å². The minimum Gasteiger partial charge on any atom is -0.479 e. The Labute approximate surface area is 160 Å². The van der Waals surface area contributed by atoms with Crippen molar-refractivity contribution in [3.63, 3.8) is 0 Å². The van der Waals surface area contributed by atoms with Gasteiger partial charge in [-0.2, -0.15) is 0 Å². The molecule has 1 amide bonds. The summed E-state index contributed by atoms with van der Waals surface area (Å²) in [5.41, 5.74) is -0.0567. The van der Waals surface area contributed by atoms with Gasteiger partial charge in [-0.25, -0.2) is 17.2 Å². The first kappa shape index (κ1) is 20.0. The first-order valence-electron chi connectivity index (χ1n) is 8.45. The van der Waals surface area contributed by atoms with Gasteiger partial charge in [-0.3, -0.25) is 4.79 Å². The van der Waals surface area contributed by atoms with Crippen molar-refractivity contribution in [2.75, 3.05) is 18.1 Å². The van der Waals surface area contributed by atoms with Crippen molar-refractivity contribution in [2.24, 2.45) is 0 Å². The third kappa shape index (κ3) is 4.38. The number of nitrogens with zero attached hydrogens (tertiary/aromatic N) is 2. The second-order valence-electron chi connectivity index (χ2n) is 6.32. The van der Waals surface area contributed by atoms with Gasteiger partial charge in [-0.1, -0.05) is 17.3 Å². The maximum absolute atomic E-state index is 13.6. The number of carbonyl (C=O) groups excluding carboxylic acids is 1. The third-order valence-corrected chi connectivity index (χ3v) is 6.04. The summed E-state index contributed by atoms with van der Waals surface area (Å²) in [6.07, 6.45) is 1.83. The number of sulfone groups is 1. The molecule has 1 fully saturated rings. The molecule has 10 heteroatoms. The molecule has 2 aromatic rings. The molecule has 1 aromatic carbocycles. The van der Waals surface area contributed by atoms with E-state index in [1.54, 1.807) is 0 Å². The van der Waals surface area contributed by atoms with E-state index >= 15 is 0 Å². The van der Waals surface area contributed by atoms with E-state index in [9.17, 15) is 22.0 Å². The standard InChI is InChI=1S/C18H18F2N2O5S/c1-2-7-22(12-6-8-28(24,25)11-12)18(23)16-9-13(27-21-16)10-26-17-14(19)4-3-5-15(17)20/h2-5,9,12H,1,6-8,10-11H2. The summed E-state index contributed by atoms with van der Waals surface area (Å²) >= 11 is 0. The van der Waals surface area contributed by atoms with E-state index in [0.29, 0.717) is 6.42 Å². The molecule has 0 N–H and O–H groups in total. The minimum absolute atomic E-state index is 0.0186. The van der Waals surface area contributed by atoms with Gasteiger partial charge in [0, 0.05) is 18.7 Å². The number of benzene rings is 1. The van der Waals surface area contributed by atoms with Gasteiger partial charge in [0.25, 0.3) is 5.91 Å². The van der Waals surface area contributed by atoms with Crippen molar-refractivity contribution in [3.05, 3.63) is 60.0 Å². The van der Waals surface area contributed by atoms with Crippen LogP contribution in [0.25, 0.3) is 0 Å². The molecular formula is C18H18F2N2O5S. The molecule has 3 rings (SSSR count). The van der Waals surface area contributed by atoms with E-state index in [-0.39, 0.29) is 36.1 Å². The van der Waals surface area contributed by atoms with Gasteiger partial charge in [0.1, 0.15) is 6.61 Å². The van der Waals surface area contributed by atoms with Crippen molar-refractivity contribution in [1.29, 1.82) is 0 Å². The topological polar surface area (TPSA) is 89.7 Å². The number of amides is 1. The van der Waals surface area contributed by atoms with Crippen LogP contribution >= 0.6 is 0 Å². The average molecular weight is 412 g/mol. The molecule has 1 aliphatic heterocycles. The molecule has 1 aromatic heterocycles. The predicted octanol–water partition coefficient (Wildman–Crippen LogP) is 2.35. The Morgan fingerprint density at radius 2 is 2.11 bits per heavy atom. The number of halogens is 2. The molecular weight excluding hydrogens is 394 g/mol. The number of rotatable bonds is 7. The summed E-state index contributed by atoms with van der Waals surface area (Å²) in [5, 5.41) is 3.67. The largest absolute Gasteiger partial charge is 0.479 e. The number of hydrogen-bond donors (Lipinski definition) is 0. The third-order valence-electron chi connectivity index (χ3n) is 4.29. The molecule has 1 saturated heterocycles. The lowest BCUT2D eigenvalue weighted by Crippen LogP contribution is -2.41. The van der Waals surface area contributed by atoms with E-state index < -0.39 is 39.2 Å². The first-order valence-corrected chi connectivity index (χ1v) is 10.3. The molecule has 1 unspecified atom stereocenters. The lowest BCUT2D eigenvalue weighted by atomic mass is 10.2. The van der Waals surface area contributed by atoms with Gasteiger partial charge in [0.15, 0.2) is 38.7 Å². The number of para-hydroxylation sites is 1. The quantitative estimate of drug-likeness (QED) is 0.649. The Morgan fingerprint density at radius 1 is 1.39 bits per heavy atom. The number of ether oxygens (including phenoxy) is 1. The van der Waals surface area contributed by atoms with Crippen molar-refractivity contribution >= 4 is 15.7 Å². The monoisotopic (exact) mass is 412 g/mol. The maximum Gasteiger partial charge on any atom is 0.276 e. The average Bonchev–Trinajstić information content (AvgIpc) is 3.25. The van der Waals surface area contributed by atoms with Gasteiger partial charge >= 0.3 is 0 Å². The van der Waals surface area contributed by atoms with E-state index in [4.69, 9.17) is 9.26 Å². The fourth-order valence-corrected chi connectivity index (χ4v) is 4.68. The fourth-order valence-electron chi connectivity index (χ4n) is 2.95. The maximum atomic E-state index is 13.6. The molecule has 0 aliphatic carbocycles. The van der Waals surface area contributed by atoms with Gasteiger partial charge < -0.3 is 14.2 Å². The van der Waals surface area contributed by atoms with Gasteiger partial charge in [0.2, 0.25) is 0 Å². The minimum atomic E-state index is -3.18. The summed E-state index contributed by atoms with van der Waals surface area (Å²) in [4.78, 5) is 14.1. The van der Waals surface area contributed by atoms with Crippen LogP contribution in [-0.4, -0.2) is 48.5 Å². The van der Waals surface area contributed by atoms with E-state index in [2.05, 4.69) is 11.7 Å². The highest BCUT2D eigenvalue weighted by atomic mass is 32.2. The molecule has 2 heterocycles. The Kier molecular flexibility index (Phi) is 5.78. The Morgan fingerprint density at radius 3 is 2.71 bits per heavy atom. The van der Waals surface area contributed by atoms with Gasteiger partial charge in [-0.15, -0.1) is 6.58 Å². The highest BCUT2D eigenvalue weighted by Crippen LogP contribution is 2.23. The normalized spacial score (nSPS) is 18.0. The number of carbonyl (C=O) groups is 1. The van der Waals surface area contributed by atoms with Crippen LogP contribution in [0.15, 0.2) is 41.4 Å². The molecule has 0 bridgehead atoms. The molecule has 0 radical (unpaired) electrons. The molecule has 0 saturated carbocycles. The molecule has 1 aliphatic rings. The Balaban J connectivity index is 1.71. The van der Waals surface area contributed by atoms with Crippen molar-refractivity contribution in [3.8, 4) is 5.75 Å². The highest BCUT2D eigenvalue weighted by molar-refractivity contribution is 7.91. The zero-order valence-electron chi connectivity index (χ0n) is 14.8. The van der Waals surface area contributed by atoms with Crippen LogP contribution in [-0.2, 0) is 16.4 Å². The molecule has 0 spiro atoms. The smallest absolute Gasteiger partial charge is 0.276 e. The molecule has 7 nitrogen and oxygen atoms in total. The summed E-state index contributed by atoms with van der Waals surface area (Å²) in [6, 6.07) is 4.13.